The predicted octanol–water partition coefficient (Wildman–Crippen LogP) is 2.00. The van der Waals surface area contributed by atoms with Crippen LogP contribution in [0.4, 0.5) is 0 Å². The first-order valence-corrected chi connectivity index (χ1v) is 8.33. The molecule has 0 N–H and O–H groups in total. The van der Waals surface area contributed by atoms with Crippen LogP contribution >= 0.6 is 11.6 Å². The van der Waals surface area contributed by atoms with Gasteiger partial charge in [0.15, 0.2) is 0 Å². The number of pyridine rings is 1. The molecule has 1 aliphatic rings. The minimum absolute atomic E-state index is 0.0740. The van der Waals surface area contributed by atoms with Crippen molar-refractivity contribution in [2.75, 3.05) is 26.2 Å². The molecule has 0 bridgehead atoms. The largest absolute Gasteiger partial charge is 0.336 e. The topological polar surface area (TPSA) is 45.6 Å². The van der Waals surface area contributed by atoms with E-state index in [2.05, 4.69) is 11.0 Å². The Labute approximate surface area is 146 Å². The molecule has 1 fully saturated rings. The van der Waals surface area contributed by atoms with Crippen LogP contribution in [0.2, 0.25) is 5.02 Å². The zero-order valence-electron chi connectivity index (χ0n) is 13.6. The maximum atomic E-state index is 12.5. The quantitative estimate of drug-likeness (QED) is 0.854. The number of aromatic nitrogens is 1. The Kier molecular flexibility index (Phi) is 5.02. The fourth-order valence-electron chi connectivity index (χ4n) is 2.87. The molecule has 3 rings (SSSR count). The minimum atomic E-state index is -0.166. The molecule has 0 unspecified atom stereocenters. The summed E-state index contributed by atoms with van der Waals surface area (Å²) in [6.45, 7) is 3.77. The van der Waals surface area contributed by atoms with Crippen LogP contribution in [0.3, 0.4) is 0 Å². The Morgan fingerprint density at radius 2 is 1.88 bits per heavy atom. The second-order valence-corrected chi connectivity index (χ2v) is 6.50. The summed E-state index contributed by atoms with van der Waals surface area (Å²) in [6.07, 6.45) is 1.63. The molecule has 1 aliphatic heterocycles. The third kappa shape index (κ3) is 3.86. The Morgan fingerprint density at radius 3 is 2.54 bits per heavy atom. The highest BCUT2D eigenvalue weighted by Gasteiger charge is 2.22. The zero-order chi connectivity index (χ0) is 17.1. The molecule has 0 radical (unpaired) electrons. The van der Waals surface area contributed by atoms with Crippen molar-refractivity contribution >= 4 is 17.5 Å². The molecule has 0 atom stereocenters. The second kappa shape index (κ2) is 7.20. The Balaban J connectivity index is 1.59. The maximum Gasteiger partial charge on any atom is 0.254 e. The highest BCUT2D eigenvalue weighted by molar-refractivity contribution is 6.30. The van der Waals surface area contributed by atoms with Crippen LogP contribution < -0.4 is 5.56 Å². The van der Waals surface area contributed by atoms with Crippen molar-refractivity contribution in [3.8, 4) is 0 Å². The number of halogens is 1. The number of benzene rings is 1. The van der Waals surface area contributed by atoms with Gasteiger partial charge in [-0.05, 0) is 23.8 Å². The number of rotatable bonds is 3. The fourth-order valence-corrected chi connectivity index (χ4v) is 3.08. The van der Waals surface area contributed by atoms with Gasteiger partial charge in [-0.1, -0.05) is 23.7 Å². The minimum Gasteiger partial charge on any atom is -0.336 e. The van der Waals surface area contributed by atoms with Crippen molar-refractivity contribution < 1.29 is 4.79 Å². The van der Waals surface area contributed by atoms with Gasteiger partial charge in [0, 0.05) is 62.6 Å². The lowest BCUT2D eigenvalue weighted by Crippen LogP contribution is -2.48. The van der Waals surface area contributed by atoms with Crippen LogP contribution in [-0.2, 0) is 13.6 Å². The van der Waals surface area contributed by atoms with Gasteiger partial charge in [-0.2, -0.15) is 0 Å². The molecular formula is C18H20ClN3O2. The monoisotopic (exact) mass is 345 g/mol. The molecule has 1 aromatic heterocycles. The lowest BCUT2D eigenvalue weighted by molar-refractivity contribution is 0.0628. The second-order valence-electron chi connectivity index (χ2n) is 6.06. The van der Waals surface area contributed by atoms with Crippen LogP contribution in [0.5, 0.6) is 0 Å². The summed E-state index contributed by atoms with van der Waals surface area (Å²) in [6, 6.07) is 10.9. The van der Waals surface area contributed by atoms with Crippen molar-refractivity contribution in [2.45, 2.75) is 6.54 Å². The van der Waals surface area contributed by atoms with Crippen molar-refractivity contribution in [2.24, 2.45) is 7.05 Å². The lowest BCUT2D eigenvalue weighted by atomic mass is 10.2. The fraction of sp³-hybridized carbons (Fsp3) is 0.333. The van der Waals surface area contributed by atoms with Crippen molar-refractivity contribution in [3.63, 3.8) is 0 Å². The number of piperazine rings is 1. The molecule has 1 saturated heterocycles. The van der Waals surface area contributed by atoms with Gasteiger partial charge in [0.25, 0.3) is 11.5 Å². The lowest BCUT2D eigenvalue weighted by Gasteiger charge is -2.34. The Hall–Kier alpha value is -2.11. The zero-order valence-corrected chi connectivity index (χ0v) is 14.4. The third-order valence-corrected chi connectivity index (χ3v) is 4.54. The van der Waals surface area contributed by atoms with E-state index in [4.69, 9.17) is 11.6 Å². The standard InChI is InChI=1S/C18H20ClN3O2/c1-20-6-5-15(12-17(20)23)18(24)22-9-7-21(8-10-22)13-14-3-2-4-16(19)11-14/h2-6,11-12H,7-10,13H2,1H3. The first kappa shape index (κ1) is 16.7. The van der Waals surface area contributed by atoms with E-state index in [-0.39, 0.29) is 11.5 Å². The van der Waals surface area contributed by atoms with Crippen LogP contribution in [0.15, 0.2) is 47.4 Å². The number of aryl methyl sites for hydroxylation is 1. The highest BCUT2D eigenvalue weighted by atomic mass is 35.5. The molecular weight excluding hydrogens is 326 g/mol. The van der Waals surface area contributed by atoms with Crippen LogP contribution in [0, 0.1) is 0 Å². The van der Waals surface area contributed by atoms with Crippen LogP contribution in [0.1, 0.15) is 15.9 Å². The molecule has 24 heavy (non-hydrogen) atoms. The number of hydrogen-bond acceptors (Lipinski definition) is 3. The Morgan fingerprint density at radius 1 is 1.12 bits per heavy atom. The van der Waals surface area contributed by atoms with E-state index < -0.39 is 0 Å². The number of nitrogens with zero attached hydrogens (tertiary/aromatic N) is 3. The number of amides is 1. The summed E-state index contributed by atoms with van der Waals surface area (Å²) in [7, 11) is 1.67. The van der Waals surface area contributed by atoms with E-state index >= 15 is 0 Å². The molecule has 2 aromatic rings. The van der Waals surface area contributed by atoms with Crippen molar-refractivity contribution in [3.05, 3.63) is 69.1 Å². The SMILES string of the molecule is Cn1ccc(C(=O)N2CCN(Cc3cccc(Cl)c3)CC2)cc1=O. The smallest absolute Gasteiger partial charge is 0.254 e. The molecule has 2 heterocycles. The molecule has 1 amide bonds. The van der Waals surface area contributed by atoms with E-state index in [1.165, 1.54) is 16.2 Å². The van der Waals surface area contributed by atoms with Gasteiger partial charge < -0.3 is 9.47 Å². The summed E-state index contributed by atoms with van der Waals surface area (Å²) in [5.41, 5.74) is 1.47. The van der Waals surface area contributed by atoms with E-state index in [0.717, 1.165) is 24.7 Å². The summed E-state index contributed by atoms with van der Waals surface area (Å²) in [5, 5.41) is 0.743. The summed E-state index contributed by atoms with van der Waals surface area (Å²) in [5.74, 6) is -0.0740. The number of hydrogen-bond donors (Lipinski definition) is 0. The Bertz CT molecular complexity index is 795. The normalized spacial score (nSPS) is 15.5. The summed E-state index contributed by atoms with van der Waals surface area (Å²) < 4.78 is 1.46. The van der Waals surface area contributed by atoms with Gasteiger partial charge >= 0.3 is 0 Å². The van der Waals surface area contributed by atoms with Gasteiger partial charge in [0.05, 0.1) is 0 Å². The van der Waals surface area contributed by atoms with Gasteiger partial charge in [-0.25, -0.2) is 0 Å². The van der Waals surface area contributed by atoms with E-state index in [0.29, 0.717) is 18.7 Å². The number of carbonyl (C=O) groups excluding carboxylic acids is 1. The molecule has 6 heteroatoms. The van der Waals surface area contributed by atoms with Crippen molar-refractivity contribution in [1.29, 1.82) is 0 Å². The third-order valence-electron chi connectivity index (χ3n) is 4.31. The number of carbonyl (C=O) groups is 1. The summed E-state index contributed by atoms with van der Waals surface area (Å²) in [4.78, 5) is 28.3. The molecule has 0 saturated carbocycles. The van der Waals surface area contributed by atoms with Crippen LogP contribution in [-0.4, -0.2) is 46.5 Å². The predicted molar refractivity (Wildman–Crippen MR) is 94.3 cm³/mol. The average Bonchev–Trinajstić information content (AvgIpc) is 2.57. The summed E-state index contributed by atoms with van der Waals surface area (Å²) >= 11 is 6.02. The molecule has 0 spiro atoms. The highest BCUT2D eigenvalue weighted by Crippen LogP contribution is 2.14. The van der Waals surface area contributed by atoms with Crippen molar-refractivity contribution in [1.82, 2.24) is 14.4 Å². The first-order valence-electron chi connectivity index (χ1n) is 7.96. The molecule has 5 nitrogen and oxygen atoms in total. The molecule has 1 aromatic carbocycles. The maximum absolute atomic E-state index is 12.5. The first-order chi connectivity index (χ1) is 11.5. The van der Waals surface area contributed by atoms with Gasteiger partial charge in [-0.3, -0.25) is 14.5 Å². The van der Waals surface area contributed by atoms with E-state index in [1.807, 2.05) is 23.1 Å². The van der Waals surface area contributed by atoms with Crippen LogP contribution in [0.25, 0.3) is 0 Å². The van der Waals surface area contributed by atoms with E-state index in [9.17, 15) is 9.59 Å². The average molecular weight is 346 g/mol. The van der Waals surface area contributed by atoms with E-state index in [1.54, 1.807) is 19.3 Å². The van der Waals surface area contributed by atoms with Gasteiger partial charge in [0.2, 0.25) is 0 Å². The molecule has 0 aliphatic carbocycles. The van der Waals surface area contributed by atoms with Gasteiger partial charge in [0.1, 0.15) is 0 Å². The van der Waals surface area contributed by atoms with Gasteiger partial charge in [-0.15, -0.1) is 0 Å². The molecule has 126 valence electrons.